The van der Waals surface area contributed by atoms with Crippen LogP contribution in [0.4, 0.5) is 0 Å². The van der Waals surface area contributed by atoms with Crippen molar-refractivity contribution in [1.29, 1.82) is 0 Å². The Morgan fingerprint density at radius 1 is 1.00 bits per heavy atom. The van der Waals surface area contributed by atoms with Crippen LogP contribution in [0, 0.1) is 0 Å². The molecule has 3 heterocycles. The summed E-state index contributed by atoms with van der Waals surface area (Å²) in [6.45, 7) is -1.13. The normalized spacial score (nSPS) is 55.9. The van der Waals surface area contributed by atoms with E-state index in [-0.39, 0.29) is 13.2 Å². The van der Waals surface area contributed by atoms with Gasteiger partial charge in [-0.3, -0.25) is 0 Å². The van der Waals surface area contributed by atoms with Crippen molar-refractivity contribution in [3.63, 3.8) is 0 Å². The van der Waals surface area contributed by atoms with Gasteiger partial charge in [-0.05, 0) is 0 Å². The van der Waals surface area contributed by atoms with Crippen LogP contribution in [-0.2, 0) is 18.9 Å². The lowest BCUT2D eigenvalue weighted by Crippen LogP contribution is -2.72. The predicted octanol–water partition coefficient (Wildman–Crippen LogP) is -4.35. The lowest BCUT2D eigenvalue weighted by Gasteiger charge is -2.53. The van der Waals surface area contributed by atoms with Crippen LogP contribution in [0.25, 0.3) is 0 Å². The molecule has 0 bridgehead atoms. The molecule has 0 amide bonds. The highest BCUT2D eigenvalue weighted by molar-refractivity contribution is 4.99. The lowest BCUT2D eigenvalue weighted by atomic mass is 9.93. The Hall–Kier alpha value is -0.400. The second-order valence-corrected chi connectivity index (χ2v) is 5.73. The summed E-state index contributed by atoms with van der Waals surface area (Å²) in [4.78, 5) is 0. The van der Waals surface area contributed by atoms with E-state index in [1.165, 1.54) is 0 Å². The predicted molar refractivity (Wildman–Crippen MR) is 65.3 cm³/mol. The highest BCUT2D eigenvalue weighted by Gasteiger charge is 2.59. The monoisotopic (exact) mass is 324 g/mol. The summed E-state index contributed by atoms with van der Waals surface area (Å²) in [7, 11) is 0. The Labute approximate surface area is 125 Å². The molecule has 0 radical (unpaired) electrons. The number of ether oxygens (including phenoxy) is 4. The molecule has 0 unspecified atom stereocenters. The average Bonchev–Trinajstić information content (AvgIpc) is 2.53. The van der Waals surface area contributed by atoms with Crippen molar-refractivity contribution in [3.05, 3.63) is 0 Å². The second-order valence-electron chi connectivity index (χ2n) is 5.73. The molecule has 0 aromatic rings. The minimum atomic E-state index is -1.78. The fourth-order valence-electron chi connectivity index (χ4n) is 2.89. The summed E-state index contributed by atoms with van der Waals surface area (Å²) in [5, 5.41) is 58.4. The Kier molecular flexibility index (Phi) is 4.42. The van der Waals surface area contributed by atoms with Gasteiger partial charge in [0.05, 0.1) is 13.2 Å². The van der Waals surface area contributed by atoms with Crippen LogP contribution in [0.1, 0.15) is 0 Å². The van der Waals surface area contributed by atoms with Crippen molar-refractivity contribution in [3.8, 4) is 0 Å². The van der Waals surface area contributed by atoms with Crippen LogP contribution in [0.5, 0.6) is 0 Å². The molecule has 10 nitrogen and oxygen atoms in total. The Bertz CT molecular complexity index is 405. The van der Waals surface area contributed by atoms with Gasteiger partial charge < -0.3 is 49.6 Å². The Morgan fingerprint density at radius 3 is 2.41 bits per heavy atom. The third-order valence-corrected chi connectivity index (χ3v) is 4.28. The van der Waals surface area contributed by atoms with Gasteiger partial charge in [0, 0.05) is 0 Å². The summed E-state index contributed by atoms with van der Waals surface area (Å²) in [6.07, 6.45) is -10.6. The topological polar surface area (TPSA) is 158 Å². The molecule has 1 spiro atoms. The van der Waals surface area contributed by atoms with Gasteiger partial charge in [0.25, 0.3) is 0 Å². The number of hydrogen-bond donors (Lipinski definition) is 6. The quantitative estimate of drug-likeness (QED) is 0.278. The van der Waals surface area contributed by atoms with Crippen molar-refractivity contribution >= 4 is 0 Å². The third kappa shape index (κ3) is 2.45. The van der Waals surface area contributed by atoms with Crippen molar-refractivity contribution in [2.45, 2.75) is 54.8 Å². The molecule has 10 heteroatoms. The zero-order valence-corrected chi connectivity index (χ0v) is 11.6. The van der Waals surface area contributed by atoms with E-state index in [4.69, 9.17) is 24.1 Å². The van der Waals surface area contributed by atoms with Gasteiger partial charge >= 0.3 is 0 Å². The van der Waals surface area contributed by atoms with Crippen LogP contribution in [0.15, 0.2) is 0 Å². The first-order chi connectivity index (χ1) is 10.4. The molecule has 3 aliphatic heterocycles. The largest absolute Gasteiger partial charge is 0.394 e. The first kappa shape index (κ1) is 16.5. The first-order valence-corrected chi connectivity index (χ1v) is 6.99. The maximum Gasteiger partial charge on any atom is 0.222 e. The lowest BCUT2D eigenvalue weighted by molar-refractivity contribution is -0.445. The SMILES string of the molecule is OC[C@H]1O[C@@H]2OC[C@]3(OC[C@H](O)[C@@H](O)[C@@H]3O)O[C@H]2[C@@H](O)[C@@H]1O. The average molecular weight is 324 g/mol. The van der Waals surface area contributed by atoms with Crippen LogP contribution in [-0.4, -0.2) is 105 Å². The van der Waals surface area contributed by atoms with E-state index in [0.29, 0.717) is 0 Å². The van der Waals surface area contributed by atoms with Crippen molar-refractivity contribution < 1.29 is 49.6 Å². The molecule has 0 aromatic carbocycles. The molecule has 3 rings (SSSR count). The molecular formula is C12H20O10. The summed E-state index contributed by atoms with van der Waals surface area (Å²) in [5.74, 6) is -1.78. The number of hydrogen-bond acceptors (Lipinski definition) is 10. The van der Waals surface area contributed by atoms with Gasteiger partial charge in [-0.1, -0.05) is 0 Å². The number of aliphatic hydroxyl groups excluding tert-OH is 6. The maximum atomic E-state index is 10.1. The highest BCUT2D eigenvalue weighted by Crippen LogP contribution is 2.38. The number of rotatable bonds is 1. The minimum Gasteiger partial charge on any atom is -0.394 e. The Morgan fingerprint density at radius 2 is 1.73 bits per heavy atom. The molecular weight excluding hydrogens is 304 g/mol. The van der Waals surface area contributed by atoms with E-state index >= 15 is 0 Å². The van der Waals surface area contributed by atoms with Gasteiger partial charge in [0.15, 0.2) is 6.29 Å². The van der Waals surface area contributed by atoms with E-state index in [0.717, 1.165) is 0 Å². The first-order valence-electron chi connectivity index (χ1n) is 6.99. The van der Waals surface area contributed by atoms with Gasteiger partial charge in [0.1, 0.15) is 49.3 Å². The van der Waals surface area contributed by atoms with Crippen molar-refractivity contribution in [2.24, 2.45) is 0 Å². The summed E-state index contributed by atoms with van der Waals surface area (Å²) >= 11 is 0. The molecule has 6 N–H and O–H groups in total. The van der Waals surface area contributed by atoms with E-state index in [1.807, 2.05) is 0 Å². The van der Waals surface area contributed by atoms with E-state index in [2.05, 4.69) is 0 Å². The zero-order chi connectivity index (χ0) is 16.1. The molecule has 0 aromatic heterocycles. The number of aliphatic hydroxyl groups is 6. The second kappa shape index (κ2) is 5.91. The van der Waals surface area contributed by atoms with Crippen molar-refractivity contribution in [2.75, 3.05) is 19.8 Å². The van der Waals surface area contributed by atoms with Crippen LogP contribution < -0.4 is 0 Å². The van der Waals surface area contributed by atoms with E-state index in [1.54, 1.807) is 0 Å². The summed E-state index contributed by atoms with van der Waals surface area (Å²) in [5.41, 5.74) is 0. The maximum absolute atomic E-state index is 10.1. The molecule has 3 aliphatic rings. The van der Waals surface area contributed by atoms with Gasteiger partial charge in [-0.2, -0.15) is 0 Å². The van der Waals surface area contributed by atoms with Gasteiger partial charge in [-0.25, -0.2) is 0 Å². The van der Waals surface area contributed by atoms with Crippen LogP contribution in [0.3, 0.4) is 0 Å². The van der Waals surface area contributed by atoms with Crippen molar-refractivity contribution in [1.82, 2.24) is 0 Å². The van der Waals surface area contributed by atoms with E-state index < -0.39 is 61.4 Å². The molecule has 0 aliphatic carbocycles. The fourth-order valence-corrected chi connectivity index (χ4v) is 2.89. The Balaban J connectivity index is 1.78. The molecule has 0 saturated carbocycles. The van der Waals surface area contributed by atoms with E-state index in [9.17, 15) is 25.5 Å². The molecule has 9 atom stereocenters. The molecule has 3 fully saturated rings. The smallest absolute Gasteiger partial charge is 0.222 e. The highest BCUT2D eigenvalue weighted by atomic mass is 16.8. The summed E-state index contributed by atoms with van der Waals surface area (Å²) in [6, 6.07) is 0. The molecule has 128 valence electrons. The minimum absolute atomic E-state index is 0.294. The third-order valence-electron chi connectivity index (χ3n) is 4.28. The fraction of sp³-hybridized carbons (Fsp3) is 1.00. The zero-order valence-electron chi connectivity index (χ0n) is 11.6. The summed E-state index contributed by atoms with van der Waals surface area (Å²) < 4.78 is 21.5. The van der Waals surface area contributed by atoms with Crippen LogP contribution >= 0.6 is 0 Å². The van der Waals surface area contributed by atoms with Crippen LogP contribution in [0.2, 0.25) is 0 Å². The molecule has 3 saturated heterocycles. The van der Waals surface area contributed by atoms with Gasteiger partial charge in [0.2, 0.25) is 5.79 Å². The van der Waals surface area contributed by atoms with Gasteiger partial charge in [-0.15, -0.1) is 0 Å². The number of fused-ring (bicyclic) bond motifs is 1. The molecule has 22 heavy (non-hydrogen) atoms. The standard InChI is InChI=1S/C12H20O10/c13-1-5-7(16)8(17)9-11(21-5)19-3-12(22-9)10(18)6(15)4(14)2-20-12/h4-11,13-18H,1-3H2/t4-,5+,6+,7+,8-,9-,10-,11-,12-/m0/s1.